The second kappa shape index (κ2) is 6.78. The second-order valence-electron chi connectivity index (χ2n) is 4.96. The Morgan fingerprint density at radius 3 is 2.71 bits per heavy atom. The molecule has 0 saturated carbocycles. The fourth-order valence-corrected chi connectivity index (χ4v) is 2.13. The summed E-state index contributed by atoms with van der Waals surface area (Å²) in [6.07, 6.45) is 2.76. The summed E-state index contributed by atoms with van der Waals surface area (Å²) < 4.78 is 5.13. The lowest BCUT2D eigenvalue weighted by molar-refractivity contribution is 0.0946. The van der Waals surface area contributed by atoms with Crippen molar-refractivity contribution < 1.29 is 9.53 Å². The van der Waals surface area contributed by atoms with Crippen LogP contribution in [0, 0.1) is 0 Å². The van der Waals surface area contributed by atoms with Gasteiger partial charge < -0.3 is 20.0 Å². The smallest absolute Gasteiger partial charge is 0.323 e. The third-order valence-electron chi connectivity index (χ3n) is 3.38. The SMILES string of the molecule is COc1ccc(-c2cc(CNC(=O)c3c[nH]c(=O)[nH]3)ncn2)cc1. The molecule has 24 heavy (non-hydrogen) atoms. The number of H-pyrrole nitrogens is 2. The van der Waals surface area contributed by atoms with Crippen molar-refractivity contribution in [2.75, 3.05) is 7.11 Å². The van der Waals surface area contributed by atoms with Gasteiger partial charge in [-0.05, 0) is 30.3 Å². The largest absolute Gasteiger partial charge is 0.497 e. The molecule has 2 aromatic heterocycles. The van der Waals surface area contributed by atoms with Gasteiger partial charge in [-0.1, -0.05) is 0 Å². The van der Waals surface area contributed by atoms with Crippen molar-refractivity contribution in [3.8, 4) is 17.0 Å². The Morgan fingerprint density at radius 2 is 2.04 bits per heavy atom. The highest BCUT2D eigenvalue weighted by molar-refractivity contribution is 5.91. The number of hydrogen-bond acceptors (Lipinski definition) is 5. The Bertz CT molecular complexity index is 898. The first kappa shape index (κ1) is 15.5. The minimum atomic E-state index is -0.427. The lowest BCUT2D eigenvalue weighted by atomic mass is 10.1. The van der Waals surface area contributed by atoms with Crippen LogP contribution in [0.2, 0.25) is 0 Å². The Balaban J connectivity index is 1.70. The molecule has 8 heteroatoms. The first-order chi connectivity index (χ1) is 11.7. The fourth-order valence-electron chi connectivity index (χ4n) is 2.13. The Labute approximate surface area is 136 Å². The zero-order valence-corrected chi connectivity index (χ0v) is 12.9. The minimum Gasteiger partial charge on any atom is -0.497 e. The molecule has 3 rings (SSSR count). The summed E-state index contributed by atoms with van der Waals surface area (Å²) in [4.78, 5) is 36.0. The minimum absolute atomic E-state index is 0.171. The van der Waals surface area contributed by atoms with Crippen molar-refractivity contribution in [3.63, 3.8) is 0 Å². The first-order valence-electron chi connectivity index (χ1n) is 7.17. The van der Waals surface area contributed by atoms with E-state index < -0.39 is 11.6 Å². The van der Waals surface area contributed by atoms with Crippen LogP contribution in [0.4, 0.5) is 0 Å². The predicted molar refractivity (Wildman–Crippen MR) is 86.6 cm³/mol. The van der Waals surface area contributed by atoms with E-state index in [0.29, 0.717) is 5.69 Å². The van der Waals surface area contributed by atoms with Crippen molar-refractivity contribution in [1.29, 1.82) is 0 Å². The summed E-state index contributed by atoms with van der Waals surface area (Å²) in [5, 5.41) is 2.69. The first-order valence-corrected chi connectivity index (χ1v) is 7.17. The molecule has 0 radical (unpaired) electrons. The topological polar surface area (TPSA) is 113 Å². The number of nitrogens with one attached hydrogen (secondary N) is 3. The number of rotatable bonds is 5. The van der Waals surface area contributed by atoms with E-state index in [2.05, 4.69) is 25.3 Å². The van der Waals surface area contributed by atoms with Gasteiger partial charge in [0, 0.05) is 11.8 Å². The number of methoxy groups -OCH3 is 1. The van der Waals surface area contributed by atoms with E-state index in [1.54, 1.807) is 13.2 Å². The van der Waals surface area contributed by atoms with Gasteiger partial charge >= 0.3 is 5.69 Å². The van der Waals surface area contributed by atoms with Gasteiger partial charge in [-0.25, -0.2) is 14.8 Å². The highest BCUT2D eigenvalue weighted by Crippen LogP contribution is 2.20. The van der Waals surface area contributed by atoms with Gasteiger partial charge in [0.05, 0.1) is 25.0 Å². The maximum absolute atomic E-state index is 11.9. The van der Waals surface area contributed by atoms with Crippen LogP contribution in [0.15, 0.2) is 47.7 Å². The van der Waals surface area contributed by atoms with Crippen LogP contribution in [0.1, 0.15) is 16.2 Å². The van der Waals surface area contributed by atoms with Crippen LogP contribution < -0.4 is 15.7 Å². The van der Waals surface area contributed by atoms with Crippen LogP contribution in [0.5, 0.6) is 5.75 Å². The van der Waals surface area contributed by atoms with E-state index in [1.165, 1.54) is 12.5 Å². The monoisotopic (exact) mass is 325 g/mol. The average molecular weight is 325 g/mol. The molecule has 0 bridgehead atoms. The third kappa shape index (κ3) is 3.49. The van der Waals surface area contributed by atoms with Crippen molar-refractivity contribution in [3.05, 3.63) is 64.7 Å². The molecule has 2 heterocycles. The molecular formula is C16H15N5O3. The number of carbonyl (C=O) groups is 1. The Hall–Kier alpha value is -3.42. The molecule has 0 aliphatic rings. The van der Waals surface area contributed by atoms with Crippen molar-refractivity contribution in [1.82, 2.24) is 25.3 Å². The van der Waals surface area contributed by atoms with Crippen molar-refractivity contribution in [2.45, 2.75) is 6.54 Å². The van der Waals surface area contributed by atoms with Crippen LogP contribution in [-0.2, 0) is 6.54 Å². The van der Waals surface area contributed by atoms with Gasteiger partial charge in [-0.15, -0.1) is 0 Å². The van der Waals surface area contributed by atoms with Gasteiger partial charge in [0.1, 0.15) is 17.8 Å². The molecule has 0 atom stereocenters. The molecule has 3 N–H and O–H groups in total. The molecule has 1 aromatic carbocycles. The van der Waals surface area contributed by atoms with E-state index in [1.807, 2.05) is 24.3 Å². The number of hydrogen-bond donors (Lipinski definition) is 3. The van der Waals surface area contributed by atoms with Crippen LogP contribution in [0.25, 0.3) is 11.3 Å². The number of imidazole rings is 1. The lowest BCUT2D eigenvalue weighted by Gasteiger charge is -2.06. The van der Waals surface area contributed by atoms with E-state index in [-0.39, 0.29) is 12.2 Å². The second-order valence-corrected chi connectivity index (χ2v) is 4.96. The highest BCUT2D eigenvalue weighted by atomic mass is 16.5. The molecule has 3 aromatic rings. The number of aromatic amines is 2. The Kier molecular flexibility index (Phi) is 4.37. The van der Waals surface area contributed by atoms with E-state index in [0.717, 1.165) is 17.0 Å². The van der Waals surface area contributed by atoms with E-state index in [4.69, 9.17) is 4.74 Å². The molecule has 0 saturated heterocycles. The number of benzene rings is 1. The molecule has 8 nitrogen and oxygen atoms in total. The van der Waals surface area contributed by atoms with Gasteiger partial charge in [0.25, 0.3) is 5.91 Å². The standard InChI is InChI=1S/C16H15N5O3/c1-24-12-4-2-10(3-5-12)13-6-11(19-9-20-13)7-17-15(22)14-8-18-16(23)21-14/h2-6,8-9H,7H2,1H3,(H,17,22)(H2,18,21,23). The van der Waals surface area contributed by atoms with Crippen LogP contribution in [0.3, 0.4) is 0 Å². The molecule has 0 fully saturated rings. The van der Waals surface area contributed by atoms with Crippen LogP contribution in [-0.4, -0.2) is 33.0 Å². The quantitative estimate of drug-likeness (QED) is 0.650. The van der Waals surface area contributed by atoms with Gasteiger partial charge in [0.2, 0.25) is 0 Å². The maximum atomic E-state index is 11.9. The number of aromatic nitrogens is 4. The molecule has 0 aliphatic carbocycles. The fraction of sp³-hybridized carbons (Fsp3) is 0.125. The molecular weight excluding hydrogens is 310 g/mol. The molecule has 0 unspecified atom stereocenters. The normalized spacial score (nSPS) is 10.4. The lowest BCUT2D eigenvalue weighted by Crippen LogP contribution is -2.24. The summed E-state index contributed by atoms with van der Waals surface area (Å²) in [5.41, 5.74) is 2.06. The zero-order valence-electron chi connectivity index (χ0n) is 12.9. The highest BCUT2D eigenvalue weighted by Gasteiger charge is 2.08. The summed E-state index contributed by atoms with van der Waals surface area (Å²) in [5.74, 6) is 0.374. The summed E-state index contributed by atoms with van der Waals surface area (Å²) in [7, 11) is 1.61. The number of nitrogens with zero attached hydrogens (tertiary/aromatic N) is 2. The molecule has 1 amide bonds. The summed E-state index contributed by atoms with van der Waals surface area (Å²) in [6.45, 7) is 0.220. The Morgan fingerprint density at radius 1 is 1.25 bits per heavy atom. The number of ether oxygens (including phenoxy) is 1. The van der Waals surface area contributed by atoms with Gasteiger partial charge in [0.15, 0.2) is 0 Å². The third-order valence-corrected chi connectivity index (χ3v) is 3.38. The average Bonchev–Trinajstić information content (AvgIpc) is 3.06. The number of amides is 1. The van der Waals surface area contributed by atoms with Crippen molar-refractivity contribution in [2.24, 2.45) is 0 Å². The molecule has 0 spiro atoms. The predicted octanol–water partition coefficient (Wildman–Crippen LogP) is 1.10. The van der Waals surface area contributed by atoms with Crippen molar-refractivity contribution >= 4 is 5.91 Å². The summed E-state index contributed by atoms with van der Waals surface area (Å²) >= 11 is 0. The number of carbonyl (C=O) groups excluding carboxylic acids is 1. The molecule has 0 aliphatic heterocycles. The summed E-state index contributed by atoms with van der Waals surface area (Å²) in [6, 6.07) is 9.28. The molecule has 122 valence electrons. The van der Waals surface area contributed by atoms with Gasteiger partial charge in [-0.3, -0.25) is 4.79 Å². The van der Waals surface area contributed by atoms with E-state index >= 15 is 0 Å². The maximum Gasteiger partial charge on any atom is 0.323 e. The van der Waals surface area contributed by atoms with E-state index in [9.17, 15) is 9.59 Å². The van der Waals surface area contributed by atoms with Crippen LogP contribution >= 0.6 is 0 Å². The van der Waals surface area contributed by atoms with Gasteiger partial charge in [-0.2, -0.15) is 0 Å². The zero-order chi connectivity index (χ0) is 16.9.